The summed E-state index contributed by atoms with van der Waals surface area (Å²) in [5, 5.41) is 0. The van der Waals surface area contributed by atoms with E-state index in [0.717, 1.165) is 11.0 Å². The van der Waals surface area contributed by atoms with Crippen LogP contribution >= 0.6 is 22.6 Å². The van der Waals surface area contributed by atoms with Gasteiger partial charge >= 0.3 is 5.97 Å². The van der Waals surface area contributed by atoms with Crippen LogP contribution in [0.5, 0.6) is 0 Å². The lowest BCUT2D eigenvalue weighted by molar-refractivity contribution is -0.146. The molecule has 0 aromatic rings. The molecule has 0 aromatic carbocycles. The van der Waals surface area contributed by atoms with Gasteiger partial charge in [0.15, 0.2) is 0 Å². The van der Waals surface area contributed by atoms with Crippen molar-refractivity contribution in [2.24, 2.45) is 0 Å². The first kappa shape index (κ1) is 16.8. The van der Waals surface area contributed by atoms with E-state index in [-0.39, 0.29) is 31.2 Å². The fourth-order valence-electron chi connectivity index (χ4n) is 0.941. The van der Waals surface area contributed by atoms with Gasteiger partial charge in [-0.15, -0.1) is 0 Å². The minimum absolute atomic E-state index is 0.00869. The average Bonchev–Trinajstić information content (AvgIpc) is 2.30. The van der Waals surface area contributed by atoms with Crippen LogP contribution in [-0.2, 0) is 23.8 Å². The van der Waals surface area contributed by atoms with Crippen molar-refractivity contribution in [1.29, 1.82) is 0 Å². The molecular weight excluding hydrogens is 339 g/mol. The SMILES string of the molecule is CC(=O)CCC(=O)OCCOCCOCCI. The van der Waals surface area contributed by atoms with Gasteiger partial charge in [-0.3, -0.25) is 4.79 Å². The van der Waals surface area contributed by atoms with Crippen LogP contribution in [0.25, 0.3) is 0 Å². The van der Waals surface area contributed by atoms with Gasteiger partial charge in [-0.1, -0.05) is 22.6 Å². The van der Waals surface area contributed by atoms with Gasteiger partial charge in [-0.2, -0.15) is 0 Å². The third kappa shape index (κ3) is 13.7. The van der Waals surface area contributed by atoms with Gasteiger partial charge in [0.25, 0.3) is 0 Å². The zero-order valence-corrected chi connectivity index (χ0v) is 12.2. The van der Waals surface area contributed by atoms with E-state index in [1.165, 1.54) is 6.92 Å². The number of esters is 1. The van der Waals surface area contributed by atoms with Crippen molar-refractivity contribution < 1.29 is 23.8 Å². The van der Waals surface area contributed by atoms with Crippen molar-refractivity contribution in [2.45, 2.75) is 19.8 Å². The Kier molecular flexibility index (Phi) is 12.1. The van der Waals surface area contributed by atoms with Gasteiger partial charge in [0.1, 0.15) is 12.4 Å². The van der Waals surface area contributed by atoms with Crippen molar-refractivity contribution in [1.82, 2.24) is 0 Å². The van der Waals surface area contributed by atoms with Gasteiger partial charge in [0, 0.05) is 10.8 Å². The van der Waals surface area contributed by atoms with E-state index < -0.39 is 0 Å². The smallest absolute Gasteiger partial charge is 0.306 e. The minimum Gasteiger partial charge on any atom is -0.463 e. The van der Waals surface area contributed by atoms with Gasteiger partial charge < -0.3 is 19.0 Å². The number of hydrogen-bond donors (Lipinski definition) is 0. The second-order valence-corrected chi connectivity index (χ2v) is 4.41. The van der Waals surface area contributed by atoms with Crippen LogP contribution in [-0.4, -0.2) is 49.2 Å². The molecule has 0 fully saturated rings. The molecule has 0 unspecified atom stereocenters. The molecule has 0 saturated carbocycles. The van der Waals surface area contributed by atoms with E-state index in [0.29, 0.717) is 19.8 Å². The molecule has 6 heteroatoms. The van der Waals surface area contributed by atoms with E-state index in [1.54, 1.807) is 0 Å². The highest BCUT2D eigenvalue weighted by Gasteiger charge is 2.04. The van der Waals surface area contributed by atoms with Crippen LogP contribution in [0.15, 0.2) is 0 Å². The molecule has 0 aliphatic rings. The lowest BCUT2D eigenvalue weighted by Gasteiger charge is -2.06. The highest BCUT2D eigenvalue weighted by atomic mass is 127. The third-order valence-corrected chi connectivity index (χ3v) is 2.21. The van der Waals surface area contributed by atoms with Crippen LogP contribution in [0.4, 0.5) is 0 Å². The zero-order valence-electron chi connectivity index (χ0n) is 10.1. The Balaban J connectivity index is 3.16. The van der Waals surface area contributed by atoms with Crippen molar-refractivity contribution in [3.8, 4) is 0 Å². The fourth-order valence-corrected chi connectivity index (χ4v) is 1.25. The van der Waals surface area contributed by atoms with E-state index in [2.05, 4.69) is 22.6 Å². The molecule has 0 aromatic heterocycles. The number of ketones is 1. The van der Waals surface area contributed by atoms with Crippen molar-refractivity contribution >= 4 is 34.3 Å². The number of alkyl halides is 1. The standard InChI is InChI=1S/C11H19IO5/c1-10(13)2-3-11(14)17-9-8-16-7-6-15-5-4-12/h2-9H2,1H3. The van der Waals surface area contributed by atoms with Crippen molar-refractivity contribution in [3.05, 3.63) is 0 Å². The summed E-state index contributed by atoms with van der Waals surface area (Å²) in [5.74, 6) is -0.365. The summed E-state index contributed by atoms with van der Waals surface area (Å²) in [6.07, 6.45) is 0.387. The molecule has 0 saturated heterocycles. The zero-order chi connectivity index (χ0) is 12.9. The summed E-state index contributed by atoms with van der Waals surface area (Å²) in [5.41, 5.74) is 0. The molecule has 0 rings (SSSR count). The minimum atomic E-state index is -0.357. The Morgan fingerprint density at radius 3 is 2.12 bits per heavy atom. The Morgan fingerprint density at radius 1 is 0.941 bits per heavy atom. The summed E-state index contributed by atoms with van der Waals surface area (Å²) < 4.78 is 16.2. The van der Waals surface area contributed by atoms with Crippen LogP contribution in [0.2, 0.25) is 0 Å². The van der Waals surface area contributed by atoms with E-state index in [1.807, 2.05) is 0 Å². The molecule has 0 N–H and O–H groups in total. The summed E-state index contributed by atoms with van der Waals surface area (Å²) in [6, 6.07) is 0. The second kappa shape index (κ2) is 12.3. The predicted molar refractivity (Wildman–Crippen MR) is 71.4 cm³/mol. The molecule has 0 atom stereocenters. The maximum absolute atomic E-state index is 11.1. The molecule has 0 heterocycles. The lowest BCUT2D eigenvalue weighted by atomic mass is 10.2. The van der Waals surface area contributed by atoms with Gasteiger partial charge in [-0.25, -0.2) is 0 Å². The van der Waals surface area contributed by atoms with E-state index in [9.17, 15) is 9.59 Å². The molecule has 5 nitrogen and oxygen atoms in total. The molecule has 0 spiro atoms. The largest absolute Gasteiger partial charge is 0.463 e. The second-order valence-electron chi connectivity index (χ2n) is 3.34. The molecule has 0 aliphatic heterocycles. The van der Waals surface area contributed by atoms with Gasteiger partial charge in [0.2, 0.25) is 0 Å². The van der Waals surface area contributed by atoms with Gasteiger partial charge in [0.05, 0.1) is 32.8 Å². The van der Waals surface area contributed by atoms with Crippen LogP contribution in [0.1, 0.15) is 19.8 Å². The molecule has 17 heavy (non-hydrogen) atoms. The Bertz CT molecular complexity index is 220. The summed E-state index contributed by atoms with van der Waals surface area (Å²) in [4.78, 5) is 21.7. The van der Waals surface area contributed by atoms with Crippen LogP contribution in [0, 0.1) is 0 Å². The fraction of sp³-hybridized carbons (Fsp3) is 0.818. The number of rotatable bonds is 11. The van der Waals surface area contributed by atoms with Crippen LogP contribution in [0.3, 0.4) is 0 Å². The number of carbonyl (C=O) groups is 2. The predicted octanol–water partition coefficient (Wildman–Crippen LogP) is 1.37. The Labute approximate surface area is 115 Å². The molecule has 0 bridgehead atoms. The Hall–Kier alpha value is -0.210. The highest BCUT2D eigenvalue weighted by Crippen LogP contribution is 1.94. The van der Waals surface area contributed by atoms with Gasteiger partial charge in [-0.05, 0) is 6.92 Å². The number of carbonyl (C=O) groups excluding carboxylic acids is 2. The normalized spacial score (nSPS) is 10.2. The van der Waals surface area contributed by atoms with E-state index >= 15 is 0 Å². The van der Waals surface area contributed by atoms with Crippen LogP contribution < -0.4 is 0 Å². The van der Waals surface area contributed by atoms with Crippen molar-refractivity contribution in [3.63, 3.8) is 0 Å². The molecular formula is C11H19IO5. The summed E-state index contributed by atoms with van der Waals surface area (Å²) in [7, 11) is 0. The first-order valence-corrected chi connectivity index (χ1v) is 7.06. The molecule has 100 valence electrons. The van der Waals surface area contributed by atoms with Crippen molar-refractivity contribution in [2.75, 3.05) is 37.5 Å². The quantitative estimate of drug-likeness (QED) is 0.242. The lowest BCUT2D eigenvalue weighted by Crippen LogP contribution is -2.13. The monoisotopic (exact) mass is 358 g/mol. The number of hydrogen-bond acceptors (Lipinski definition) is 5. The van der Waals surface area contributed by atoms with E-state index in [4.69, 9.17) is 14.2 Å². The average molecular weight is 358 g/mol. The number of halogens is 1. The highest BCUT2D eigenvalue weighted by molar-refractivity contribution is 14.1. The molecule has 0 aliphatic carbocycles. The third-order valence-electron chi connectivity index (χ3n) is 1.77. The number of ether oxygens (including phenoxy) is 3. The topological polar surface area (TPSA) is 61.8 Å². The number of Topliss-reactive ketones (excluding diaryl/α,β-unsaturated/α-hetero) is 1. The maximum Gasteiger partial charge on any atom is 0.306 e. The summed E-state index contributed by atoms with van der Waals surface area (Å²) in [6.45, 7) is 3.82. The molecule has 0 radical (unpaired) electrons. The maximum atomic E-state index is 11.1. The summed E-state index contributed by atoms with van der Waals surface area (Å²) >= 11 is 2.23. The molecule has 0 amide bonds. The first-order valence-electron chi connectivity index (χ1n) is 5.53. The first-order chi connectivity index (χ1) is 8.16. The Morgan fingerprint density at radius 2 is 1.53 bits per heavy atom.